The average Bonchev–Trinajstić information content (AvgIpc) is 2.89. The van der Waals surface area contributed by atoms with E-state index in [-0.39, 0.29) is 16.3 Å². The lowest BCUT2D eigenvalue weighted by Crippen LogP contribution is -2.23. The molecule has 26 heavy (non-hydrogen) atoms. The van der Waals surface area contributed by atoms with Crippen LogP contribution in [0.25, 0.3) is 16.8 Å². The number of aryl methyl sites for hydroxylation is 1. The van der Waals surface area contributed by atoms with Crippen molar-refractivity contribution in [1.82, 2.24) is 9.78 Å². The highest BCUT2D eigenvalue weighted by atomic mass is 35.5. The molecule has 0 aliphatic rings. The Bertz CT molecular complexity index is 1040. The minimum Gasteiger partial charge on any atom is -0.545 e. The van der Waals surface area contributed by atoms with E-state index in [0.29, 0.717) is 16.9 Å². The van der Waals surface area contributed by atoms with Crippen molar-refractivity contribution >= 4 is 23.3 Å². The minimum atomic E-state index is -1.38. The molecule has 3 aromatic rings. The first-order chi connectivity index (χ1) is 12.3. The lowest BCUT2D eigenvalue weighted by atomic mass is 10.0. The van der Waals surface area contributed by atoms with E-state index >= 15 is 0 Å². The molecule has 0 saturated heterocycles. The van der Waals surface area contributed by atoms with E-state index in [1.165, 1.54) is 24.3 Å². The molecule has 0 atom stereocenters. The van der Waals surface area contributed by atoms with Crippen molar-refractivity contribution < 1.29 is 14.8 Å². The van der Waals surface area contributed by atoms with Crippen LogP contribution >= 0.6 is 11.6 Å². The maximum absolute atomic E-state index is 11.2. The second-order valence-corrected chi connectivity index (χ2v) is 6.12. The number of aromatic nitrogens is 2. The molecule has 0 aliphatic carbocycles. The van der Waals surface area contributed by atoms with E-state index in [9.17, 15) is 20.0 Å². The number of carbonyl (C=O) groups is 1. The van der Waals surface area contributed by atoms with Gasteiger partial charge in [0.05, 0.1) is 22.3 Å². The Morgan fingerprint density at radius 1 is 1.19 bits per heavy atom. The number of carboxylic acids is 1. The molecule has 0 fully saturated rings. The van der Waals surface area contributed by atoms with Gasteiger partial charge in [0.1, 0.15) is 0 Å². The van der Waals surface area contributed by atoms with Crippen LogP contribution in [0, 0.1) is 24.0 Å². The largest absolute Gasteiger partial charge is 0.545 e. The maximum Gasteiger partial charge on any atom is 0.270 e. The number of carbonyl (C=O) groups excluding carboxylic acids is 1. The minimum absolute atomic E-state index is 0.0141. The molecular formula is C18H13ClN3O4-. The summed E-state index contributed by atoms with van der Waals surface area (Å²) in [5, 5.41) is 26.8. The Morgan fingerprint density at radius 3 is 2.58 bits per heavy atom. The molecule has 1 heterocycles. The number of rotatable bonds is 4. The Labute approximate surface area is 153 Å². The van der Waals surface area contributed by atoms with Crippen molar-refractivity contribution in [2.24, 2.45) is 0 Å². The monoisotopic (exact) mass is 370 g/mol. The normalized spacial score (nSPS) is 10.7. The van der Waals surface area contributed by atoms with Gasteiger partial charge < -0.3 is 9.90 Å². The van der Waals surface area contributed by atoms with Crippen LogP contribution in [0.5, 0.6) is 0 Å². The molecule has 0 bridgehead atoms. The third kappa shape index (κ3) is 3.04. The van der Waals surface area contributed by atoms with Crippen LogP contribution in [0.3, 0.4) is 0 Å². The van der Waals surface area contributed by atoms with Gasteiger partial charge in [-0.1, -0.05) is 23.7 Å². The Morgan fingerprint density at radius 2 is 1.92 bits per heavy atom. The number of non-ortho nitro benzene ring substituents is 1. The van der Waals surface area contributed by atoms with E-state index in [1.54, 1.807) is 29.8 Å². The van der Waals surface area contributed by atoms with Crippen molar-refractivity contribution in [3.05, 3.63) is 74.6 Å². The molecule has 0 aliphatic heterocycles. The highest BCUT2D eigenvalue weighted by Gasteiger charge is 2.17. The third-order valence-corrected chi connectivity index (χ3v) is 4.38. The van der Waals surface area contributed by atoms with Gasteiger partial charge in [-0.3, -0.25) is 10.1 Å². The van der Waals surface area contributed by atoms with Gasteiger partial charge >= 0.3 is 0 Å². The van der Waals surface area contributed by atoms with E-state index in [1.807, 2.05) is 6.92 Å². The fourth-order valence-corrected chi connectivity index (χ4v) is 3.08. The van der Waals surface area contributed by atoms with Gasteiger partial charge in [0.15, 0.2) is 0 Å². The first-order valence-electron chi connectivity index (χ1n) is 7.62. The van der Waals surface area contributed by atoms with Crippen molar-refractivity contribution in [1.29, 1.82) is 0 Å². The van der Waals surface area contributed by atoms with Crippen LogP contribution in [0.4, 0.5) is 5.69 Å². The fraction of sp³-hybridized carbons (Fsp3) is 0.111. The topological polar surface area (TPSA) is 101 Å². The summed E-state index contributed by atoms with van der Waals surface area (Å²) in [4.78, 5) is 21.8. The number of halogens is 1. The predicted molar refractivity (Wildman–Crippen MR) is 94.5 cm³/mol. The smallest absolute Gasteiger partial charge is 0.270 e. The summed E-state index contributed by atoms with van der Waals surface area (Å²) in [5.74, 6) is -1.38. The summed E-state index contributed by atoms with van der Waals surface area (Å²) >= 11 is 5.88. The van der Waals surface area contributed by atoms with Crippen molar-refractivity contribution in [3.8, 4) is 16.8 Å². The number of benzene rings is 2. The summed E-state index contributed by atoms with van der Waals surface area (Å²) in [6, 6.07) is 10.8. The molecule has 0 radical (unpaired) electrons. The van der Waals surface area contributed by atoms with Crippen molar-refractivity contribution in [2.45, 2.75) is 13.8 Å². The molecule has 1 aromatic heterocycles. The predicted octanol–water partition coefficient (Wildman–Crippen LogP) is 3.08. The van der Waals surface area contributed by atoms with E-state index in [2.05, 4.69) is 5.10 Å². The number of nitro benzene ring substituents is 1. The Kier molecular flexibility index (Phi) is 4.48. The molecule has 8 heteroatoms. The quantitative estimate of drug-likeness (QED) is 0.518. The Balaban J connectivity index is 2.15. The van der Waals surface area contributed by atoms with Gasteiger partial charge in [0, 0.05) is 34.0 Å². The molecule has 7 nitrogen and oxygen atoms in total. The van der Waals surface area contributed by atoms with Gasteiger partial charge in [-0.15, -0.1) is 0 Å². The zero-order valence-corrected chi connectivity index (χ0v) is 14.6. The van der Waals surface area contributed by atoms with Crippen LogP contribution < -0.4 is 5.11 Å². The summed E-state index contributed by atoms with van der Waals surface area (Å²) in [5.41, 5.74) is 3.15. The molecule has 0 spiro atoms. The Hall–Kier alpha value is -3.19. The van der Waals surface area contributed by atoms with E-state index in [4.69, 9.17) is 11.6 Å². The van der Waals surface area contributed by atoms with Crippen LogP contribution in [-0.2, 0) is 0 Å². The number of nitrogens with zero attached hydrogens (tertiary/aromatic N) is 3. The average molecular weight is 371 g/mol. The standard InChI is InChI=1S/C18H14ClN3O4/c1-10-17(12-4-3-5-14(8-12)22(25)26)11(2)21(20-10)13-6-7-16(19)15(9-13)18(23)24/h3-9H,1-2H3,(H,23,24)/p-1. The van der Waals surface area contributed by atoms with Crippen molar-refractivity contribution in [2.75, 3.05) is 0 Å². The fourth-order valence-electron chi connectivity index (χ4n) is 2.89. The molecule has 0 unspecified atom stereocenters. The van der Waals surface area contributed by atoms with Crippen LogP contribution in [0.15, 0.2) is 42.5 Å². The first kappa shape index (κ1) is 17.6. The SMILES string of the molecule is Cc1nn(-c2ccc(Cl)c(C(=O)[O-])c2)c(C)c1-c1cccc([N+](=O)[O-])c1. The summed E-state index contributed by atoms with van der Waals surface area (Å²) < 4.78 is 1.58. The van der Waals surface area contributed by atoms with Gasteiger partial charge in [0.2, 0.25) is 0 Å². The molecule has 0 N–H and O–H groups in total. The van der Waals surface area contributed by atoms with Gasteiger partial charge in [0.25, 0.3) is 5.69 Å². The number of nitro groups is 1. The van der Waals surface area contributed by atoms with Crippen LogP contribution in [-0.4, -0.2) is 20.7 Å². The third-order valence-electron chi connectivity index (χ3n) is 4.05. The number of hydrogen-bond donors (Lipinski definition) is 0. The number of hydrogen-bond acceptors (Lipinski definition) is 5. The molecule has 0 amide bonds. The van der Waals surface area contributed by atoms with Crippen molar-refractivity contribution in [3.63, 3.8) is 0 Å². The first-order valence-corrected chi connectivity index (χ1v) is 7.99. The molecule has 3 rings (SSSR count). The lowest BCUT2D eigenvalue weighted by molar-refractivity contribution is -0.384. The van der Waals surface area contributed by atoms with Gasteiger partial charge in [-0.25, -0.2) is 4.68 Å². The van der Waals surface area contributed by atoms with Gasteiger partial charge in [-0.05, 0) is 37.6 Å². The summed E-state index contributed by atoms with van der Waals surface area (Å²) in [7, 11) is 0. The maximum atomic E-state index is 11.2. The van der Waals surface area contributed by atoms with E-state index in [0.717, 1.165) is 11.3 Å². The summed E-state index contributed by atoms with van der Waals surface area (Å²) in [6.07, 6.45) is 0. The molecule has 132 valence electrons. The second-order valence-electron chi connectivity index (χ2n) is 5.72. The van der Waals surface area contributed by atoms with E-state index < -0.39 is 10.9 Å². The lowest BCUT2D eigenvalue weighted by Gasteiger charge is -2.10. The van der Waals surface area contributed by atoms with Gasteiger partial charge in [-0.2, -0.15) is 5.10 Å². The number of aromatic carboxylic acids is 1. The molecule has 2 aromatic carbocycles. The highest BCUT2D eigenvalue weighted by Crippen LogP contribution is 2.31. The zero-order valence-electron chi connectivity index (χ0n) is 13.9. The van der Waals surface area contributed by atoms with Crippen LogP contribution in [0.2, 0.25) is 5.02 Å². The second kappa shape index (κ2) is 6.61. The molecule has 0 saturated carbocycles. The molecular weight excluding hydrogens is 358 g/mol. The number of carboxylic acid groups (broad SMARTS) is 1. The highest BCUT2D eigenvalue weighted by molar-refractivity contribution is 6.33. The van der Waals surface area contributed by atoms with Crippen LogP contribution in [0.1, 0.15) is 21.7 Å². The zero-order chi connectivity index (χ0) is 19.0. The summed E-state index contributed by atoms with van der Waals surface area (Å²) in [6.45, 7) is 3.59.